The van der Waals surface area contributed by atoms with E-state index in [-0.39, 0.29) is 5.91 Å². The summed E-state index contributed by atoms with van der Waals surface area (Å²) < 4.78 is 4.94. The molecule has 5 heteroatoms. The van der Waals surface area contributed by atoms with Crippen molar-refractivity contribution < 1.29 is 14.3 Å². The minimum atomic E-state index is 0.00463. The van der Waals surface area contributed by atoms with Gasteiger partial charge in [-0.3, -0.25) is 9.59 Å². The summed E-state index contributed by atoms with van der Waals surface area (Å²) in [6.45, 7) is 4.43. The Kier molecular flexibility index (Phi) is 9.43. The number of likely N-dealkylation sites (tertiary alicyclic amines) is 1. The molecule has 2 aliphatic heterocycles. The molecule has 17 heavy (non-hydrogen) atoms. The van der Waals surface area contributed by atoms with Crippen molar-refractivity contribution in [2.75, 3.05) is 33.9 Å². The maximum absolute atomic E-state index is 10.5. The molecule has 0 spiro atoms. The molecule has 2 saturated heterocycles. The van der Waals surface area contributed by atoms with Crippen LogP contribution < -0.4 is 5.32 Å². The summed E-state index contributed by atoms with van der Waals surface area (Å²) in [5.74, 6) is 0.296. The molecule has 2 fully saturated rings. The molecule has 0 aliphatic carbocycles. The summed E-state index contributed by atoms with van der Waals surface area (Å²) in [5.41, 5.74) is 0. The largest absolute Gasteiger partial charge is 0.381 e. The van der Waals surface area contributed by atoms with Gasteiger partial charge in [0.2, 0.25) is 11.8 Å². The van der Waals surface area contributed by atoms with E-state index in [0.717, 1.165) is 32.6 Å². The fraction of sp³-hybridized carbons (Fsp3) is 0.833. The highest BCUT2D eigenvalue weighted by Crippen LogP contribution is 2.04. The maximum Gasteiger partial charge on any atom is 0.222 e. The molecule has 5 nitrogen and oxygen atoms in total. The van der Waals surface area contributed by atoms with Gasteiger partial charge in [0.25, 0.3) is 0 Å². The standard InChI is InChI=1S/C5H9NO.C4H8O.C3H7NO/c1-6-4-2-3-5(6)7;1-2-4-5-3-1;1-3(5)4-2/h2-4H2,1H3;1-4H2;1-2H3,(H,4,5). The van der Waals surface area contributed by atoms with Gasteiger partial charge in [0.15, 0.2) is 0 Å². The number of ether oxygens (including phenoxy) is 1. The quantitative estimate of drug-likeness (QED) is 0.685. The van der Waals surface area contributed by atoms with Gasteiger partial charge in [-0.1, -0.05) is 0 Å². The van der Waals surface area contributed by atoms with Gasteiger partial charge in [0, 0.05) is 47.2 Å². The van der Waals surface area contributed by atoms with Crippen molar-refractivity contribution in [1.29, 1.82) is 0 Å². The van der Waals surface area contributed by atoms with E-state index in [9.17, 15) is 9.59 Å². The van der Waals surface area contributed by atoms with Gasteiger partial charge in [-0.2, -0.15) is 0 Å². The lowest BCUT2D eigenvalue weighted by Gasteiger charge is -2.03. The molecular formula is C12H24N2O3. The monoisotopic (exact) mass is 244 g/mol. The van der Waals surface area contributed by atoms with E-state index in [4.69, 9.17) is 4.74 Å². The molecule has 1 N–H and O–H groups in total. The first-order valence-electron chi connectivity index (χ1n) is 6.08. The predicted molar refractivity (Wildman–Crippen MR) is 66.7 cm³/mol. The Balaban J connectivity index is 0.000000232. The topological polar surface area (TPSA) is 58.6 Å². The van der Waals surface area contributed by atoms with Crippen molar-refractivity contribution >= 4 is 11.8 Å². The van der Waals surface area contributed by atoms with Crippen LogP contribution in [0.5, 0.6) is 0 Å². The number of nitrogens with one attached hydrogen (secondary N) is 1. The normalized spacial score (nSPS) is 17.8. The molecule has 0 radical (unpaired) electrons. The lowest BCUT2D eigenvalue weighted by molar-refractivity contribution is -0.126. The molecule has 2 aliphatic rings. The van der Waals surface area contributed by atoms with Crippen molar-refractivity contribution in [2.45, 2.75) is 32.6 Å². The number of carbonyl (C=O) groups is 2. The molecule has 2 rings (SSSR count). The van der Waals surface area contributed by atoms with Crippen molar-refractivity contribution in [3.8, 4) is 0 Å². The molecular weight excluding hydrogens is 220 g/mol. The minimum absolute atomic E-state index is 0.00463. The summed E-state index contributed by atoms with van der Waals surface area (Å²) in [6.07, 6.45) is 4.37. The van der Waals surface area contributed by atoms with Gasteiger partial charge >= 0.3 is 0 Å². The van der Waals surface area contributed by atoms with Crippen LogP contribution in [0.25, 0.3) is 0 Å². The predicted octanol–water partition coefficient (Wildman–Crippen LogP) is 0.788. The number of amides is 2. The Morgan fingerprint density at radius 1 is 1.29 bits per heavy atom. The van der Waals surface area contributed by atoms with Gasteiger partial charge in [0.05, 0.1) is 0 Å². The first kappa shape index (κ1) is 15.9. The Hall–Kier alpha value is -1.10. The fourth-order valence-electron chi connectivity index (χ4n) is 1.29. The lowest BCUT2D eigenvalue weighted by Crippen LogP contribution is -2.17. The molecule has 100 valence electrons. The van der Waals surface area contributed by atoms with Crippen LogP contribution in [0.2, 0.25) is 0 Å². The second-order valence-electron chi connectivity index (χ2n) is 4.04. The van der Waals surface area contributed by atoms with Gasteiger partial charge in [-0.25, -0.2) is 0 Å². The maximum atomic E-state index is 10.5. The average Bonchev–Trinajstić information content (AvgIpc) is 2.96. The van der Waals surface area contributed by atoms with Crippen LogP contribution in [0.1, 0.15) is 32.6 Å². The van der Waals surface area contributed by atoms with Gasteiger partial charge in [-0.15, -0.1) is 0 Å². The third kappa shape index (κ3) is 9.81. The van der Waals surface area contributed by atoms with Crippen molar-refractivity contribution in [1.82, 2.24) is 10.2 Å². The Bertz CT molecular complexity index is 220. The molecule has 0 bridgehead atoms. The smallest absolute Gasteiger partial charge is 0.222 e. The van der Waals surface area contributed by atoms with Crippen LogP contribution in [0, 0.1) is 0 Å². The summed E-state index contributed by atoms with van der Waals surface area (Å²) in [7, 11) is 3.44. The zero-order chi connectivity index (χ0) is 13.1. The average molecular weight is 244 g/mol. The Morgan fingerprint density at radius 2 is 1.82 bits per heavy atom. The van der Waals surface area contributed by atoms with Crippen molar-refractivity contribution in [3.63, 3.8) is 0 Å². The molecule has 0 aromatic carbocycles. The highest BCUT2D eigenvalue weighted by atomic mass is 16.5. The van der Waals surface area contributed by atoms with E-state index in [1.807, 2.05) is 7.05 Å². The number of hydrogen-bond acceptors (Lipinski definition) is 3. The Morgan fingerprint density at radius 3 is 1.94 bits per heavy atom. The third-order valence-corrected chi connectivity index (χ3v) is 2.49. The summed E-state index contributed by atoms with van der Waals surface area (Å²) in [5, 5.41) is 2.39. The molecule has 0 aromatic rings. The minimum Gasteiger partial charge on any atom is -0.381 e. The molecule has 2 heterocycles. The van der Waals surface area contributed by atoms with E-state index in [1.165, 1.54) is 19.8 Å². The van der Waals surface area contributed by atoms with Crippen molar-refractivity contribution in [2.24, 2.45) is 0 Å². The third-order valence-electron chi connectivity index (χ3n) is 2.49. The summed E-state index contributed by atoms with van der Waals surface area (Å²) in [4.78, 5) is 22.0. The molecule has 0 atom stereocenters. The van der Waals surface area contributed by atoms with Gasteiger partial charge < -0.3 is 15.0 Å². The SMILES string of the molecule is C1CCOC1.CN1CCCC1=O.CNC(C)=O. The first-order chi connectivity index (χ1) is 8.07. The number of nitrogens with zero attached hydrogens (tertiary/aromatic N) is 1. The second-order valence-corrected chi connectivity index (χ2v) is 4.04. The molecule has 2 amide bonds. The lowest BCUT2D eigenvalue weighted by atomic mass is 10.4. The van der Waals surface area contributed by atoms with E-state index in [0.29, 0.717) is 5.91 Å². The number of rotatable bonds is 0. The van der Waals surface area contributed by atoms with Gasteiger partial charge in [-0.05, 0) is 19.3 Å². The van der Waals surface area contributed by atoms with Crippen LogP contribution in [0.15, 0.2) is 0 Å². The highest BCUT2D eigenvalue weighted by Gasteiger charge is 2.14. The second kappa shape index (κ2) is 10.1. The highest BCUT2D eigenvalue weighted by molar-refractivity contribution is 5.77. The van der Waals surface area contributed by atoms with Crippen molar-refractivity contribution in [3.05, 3.63) is 0 Å². The van der Waals surface area contributed by atoms with E-state index in [2.05, 4.69) is 5.32 Å². The van der Waals surface area contributed by atoms with Crippen LogP contribution in [-0.2, 0) is 14.3 Å². The number of carbonyl (C=O) groups excluding carboxylic acids is 2. The summed E-state index contributed by atoms with van der Waals surface area (Å²) >= 11 is 0. The van der Waals surface area contributed by atoms with E-state index >= 15 is 0 Å². The first-order valence-corrected chi connectivity index (χ1v) is 6.08. The molecule has 0 unspecified atom stereocenters. The Labute approximate surface area is 103 Å². The zero-order valence-corrected chi connectivity index (χ0v) is 11.1. The van der Waals surface area contributed by atoms with E-state index in [1.54, 1.807) is 11.9 Å². The summed E-state index contributed by atoms with van der Waals surface area (Å²) in [6, 6.07) is 0. The zero-order valence-electron chi connectivity index (χ0n) is 11.1. The number of hydrogen-bond donors (Lipinski definition) is 1. The van der Waals surface area contributed by atoms with Crippen LogP contribution in [0.4, 0.5) is 0 Å². The van der Waals surface area contributed by atoms with Crippen LogP contribution in [0.3, 0.4) is 0 Å². The van der Waals surface area contributed by atoms with Crippen LogP contribution >= 0.6 is 0 Å². The fourth-order valence-corrected chi connectivity index (χ4v) is 1.29. The van der Waals surface area contributed by atoms with Crippen LogP contribution in [-0.4, -0.2) is 50.6 Å². The van der Waals surface area contributed by atoms with Gasteiger partial charge in [0.1, 0.15) is 0 Å². The molecule has 0 aromatic heterocycles. The molecule has 0 saturated carbocycles. The van der Waals surface area contributed by atoms with E-state index < -0.39 is 0 Å².